The molecule has 1 atom stereocenters. The molecule has 0 bridgehead atoms. The Hall–Kier alpha value is -2.28. The van der Waals surface area contributed by atoms with Gasteiger partial charge in [0.1, 0.15) is 5.82 Å². The highest BCUT2D eigenvalue weighted by molar-refractivity contribution is 6.34. The minimum atomic E-state index is -4.81. The third-order valence-corrected chi connectivity index (χ3v) is 4.98. The van der Waals surface area contributed by atoms with Crippen LogP contribution in [0, 0.1) is 5.82 Å². The second kappa shape index (κ2) is 6.65. The Morgan fingerprint density at radius 1 is 0.893 bits per heavy atom. The zero-order chi connectivity index (χ0) is 20.1. The lowest BCUT2D eigenvalue weighted by molar-refractivity contribution is -0.269. The molecular weight excluding hydrogens is 417 g/mol. The number of hydroxylamine groups is 1. The molecule has 2 nitrogen and oxygen atoms in total. The summed E-state index contributed by atoms with van der Waals surface area (Å²) in [7, 11) is 0. The smallest absolute Gasteiger partial charge is 0.265 e. The van der Waals surface area contributed by atoms with Gasteiger partial charge in [0, 0.05) is 26.6 Å². The summed E-state index contributed by atoms with van der Waals surface area (Å²) in [5.74, 6) is -0.470. The summed E-state index contributed by atoms with van der Waals surface area (Å²) < 4.78 is 56.3. The molecule has 0 aliphatic carbocycles. The van der Waals surface area contributed by atoms with E-state index in [1.165, 1.54) is 18.2 Å². The molecule has 1 aliphatic rings. The van der Waals surface area contributed by atoms with E-state index in [0.29, 0.717) is 10.9 Å². The first-order valence-corrected chi connectivity index (χ1v) is 8.85. The van der Waals surface area contributed by atoms with Crippen molar-refractivity contribution >= 4 is 39.7 Å². The largest absolute Gasteiger partial charge is 0.428 e. The Morgan fingerprint density at radius 3 is 2.18 bits per heavy atom. The van der Waals surface area contributed by atoms with Gasteiger partial charge >= 0.3 is 6.18 Å². The van der Waals surface area contributed by atoms with E-state index in [1.54, 1.807) is 24.3 Å². The maximum atomic E-state index is 14.1. The summed E-state index contributed by atoms with van der Waals surface area (Å²) in [5.41, 5.74) is -0.288. The van der Waals surface area contributed by atoms with Crippen LogP contribution in [-0.4, -0.2) is 6.18 Å². The van der Waals surface area contributed by atoms with Gasteiger partial charge in [0.15, 0.2) is 0 Å². The maximum absolute atomic E-state index is 14.1. The van der Waals surface area contributed by atoms with Crippen LogP contribution in [0.4, 0.5) is 17.6 Å². The normalized spacial score (nSPS) is 19.6. The fraction of sp³-hybridized carbons (Fsp3) is 0.100. The molecule has 8 heteroatoms. The zero-order valence-corrected chi connectivity index (χ0v) is 15.5. The van der Waals surface area contributed by atoms with Crippen molar-refractivity contribution in [2.45, 2.75) is 11.8 Å². The molecule has 3 aromatic rings. The first-order valence-electron chi connectivity index (χ1n) is 8.09. The molecular formula is C20H11Cl2F4NO. The molecule has 0 fully saturated rings. The summed E-state index contributed by atoms with van der Waals surface area (Å²) in [6.45, 7) is 0. The SMILES string of the molecule is Fc1ccc(C2=CC(c3cc(Cl)cc(Cl)c3)(C(F)(F)F)ON2)c2ccccc12. The van der Waals surface area contributed by atoms with E-state index < -0.39 is 17.6 Å². The molecule has 0 aromatic heterocycles. The number of rotatable bonds is 2. The van der Waals surface area contributed by atoms with Crippen LogP contribution in [0.15, 0.2) is 60.7 Å². The predicted molar refractivity (Wildman–Crippen MR) is 100 cm³/mol. The van der Waals surface area contributed by atoms with Gasteiger partial charge in [-0.3, -0.25) is 10.3 Å². The molecule has 0 spiro atoms. The van der Waals surface area contributed by atoms with Gasteiger partial charge in [-0.2, -0.15) is 13.2 Å². The van der Waals surface area contributed by atoms with Crippen LogP contribution in [0.1, 0.15) is 11.1 Å². The topological polar surface area (TPSA) is 21.3 Å². The molecule has 4 rings (SSSR count). The van der Waals surface area contributed by atoms with Crippen molar-refractivity contribution in [1.82, 2.24) is 5.48 Å². The van der Waals surface area contributed by atoms with E-state index in [4.69, 9.17) is 28.0 Å². The van der Waals surface area contributed by atoms with Crippen molar-refractivity contribution in [3.05, 3.63) is 87.7 Å². The molecule has 3 aromatic carbocycles. The van der Waals surface area contributed by atoms with Crippen LogP contribution < -0.4 is 5.48 Å². The number of fused-ring (bicyclic) bond motifs is 1. The minimum Gasteiger partial charge on any atom is -0.265 e. The Balaban J connectivity index is 1.93. The van der Waals surface area contributed by atoms with Crippen molar-refractivity contribution in [1.29, 1.82) is 0 Å². The Labute approximate surface area is 167 Å². The van der Waals surface area contributed by atoms with E-state index in [2.05, 4.69) is 5.48 Å². The van der Waals surface area contributed by atoms with Gasteiger partial charge in [0.05, 0.1) is 5.70 Å². The summed E-state index contributed by atoms with van der Waals surface area (Å²) in [4.78, 5) is 5.07. The number of benzene rings is 3. The van der Waals surface area contributed by atoms with Crippen LogP contribution >= 0.6 is 23.2 Å². The third-order valence-electron chi connectivity index (χ3n) is 4.54. The van der Waals surface area contributed by atoms with Crippen molar-refractivity contribution in [2.75, 3.05) is 0 Å². The molecule has 0 saturated carbocycles. The van der Waals surface area contributed by atoms with Gasteiger partial charge in [0.25, 0.3) is 0 Å². The van der Waals surface area contributed by atoms with Gasteiger partial charge in [-0.05, 0) is 41.8 Å². The fourth-order valence-corrected chi connectivity index (χ4v) is 3.77. The Morgan fingerprint density at radius 2 is 1.54 bits per heavy atom. The van der Waals surface area contributed by atoms with Crippen LogP contribution in [0.5, 0.6) is 0 Å². The van der Waals surface area contributed by atoms with Crippen molar-refractivity contribution < 1.29 is 22.4 Å². The zero-order valence-electron chi connectivity index (χ0n) is 13.9. The second-order valence-corrected chi connectivity index (χ2v) is 7.17. The molecule has 1 N–H and O–H groups in total. The number of nitrogens with one attached hydrogen (secondary N) is 1. The number of alkyl halides is 3. The van der Waals surface area contributed by atoms with Gasteiger partial charge in [-0.1, -0.05) is 47.5 Å². The second-order valence-electron chi connectivity index (χ2n) is 6.29. The van der Waals surface area contributed by atoms with E-state index in [-0.39, 0.29) is 26.7 Å². The number of hydrogen-bond acceptors (Lipinski definition) is 2. The lowest BCUT2D eigenvalue weighted by atomic mass is 9.91. The van der Waals surface area contributed by atoms with Crippen molar-refractivity contribution in [3.8, 4) is 0 Å². The number of halogens is 6. The van der Waals surface area contributed by atoms with E-state index >= 15 is 0 Å². The first kappa shape index (κ1) is 19.1. The quantitative estimate of drug-likeness (QED) is 0.464. The lowest BCUT2D eigenvalue weighted by Gasteiger charge is -2.28. The Bertz CT molecular complexity index is 1090. The fourth-order valence-electron chi connectivity index (χ4n) is 3.24. The van der Waals surface area contributed by atoms with Gasteiger partial charge in [-0.25, -0.2) is 4.39 Å². The monoisotopic (exact) mass is 427 g/mol. The highest BCUT2D eigenvalue weighted by Gasteiger charge is 2.59. The van der Waals surface area contributed by atoms with Crippen molar-refractivity contribution in [2.24, 2.45) is 0 Å². The first-order chi connectivity index (χ1) is 13.2. The van der Waals surface area contributed by atoms with Gasteiger partial charge < -0.3 is 0 Å². The van der Waals surface area contributed by atoms with E-state index in [0.717, 1.165) is 18.2 Å². The maximum Gasteiger partial charge on any atom is 0.428 e. The third kappa shape index (κ3) is 3.02. The summed E-state index contributed by atoms with van der Waals surface area (Å²) in [5, 5.41) is 0.831. The average molecular weight is 428 g/mol. The summed E-state index contributed by atoms with van der Waals surface area (Å²) in [6, 6.07) is 12.7. The number of hydrogen-bond donors (Lipinski definition) is 1. The molecule has 0 saturated heterocycles. The highest BCUT2D eigenvalue weighted by atomic mass is 35.5. The lowest BCUT2D eigenvalue weighted by Crippen LogP contribution is -2.42. The molecule has 0 amide bonds. The molecule has 144 valence electrons. The van der Waals surface area contributed by atoms with E-state index in [9.17, 15) is 17.6 Å². The molecule has 1 aliphatic heterocycles. The van der Waals surface area contributed by atoms with Gasteiger partial charge in [-0.15, -0.1) is 0 Å². The molecule has 0 radical (unpaired) electrons. The summed E-state index contributed by atoms with van der Waals surface area (Å²) in [6.07, 6.45) is -3.90. The van der Waals surface area contributed by atoms with Crippen LogP contribution in [0.3, 0.4) is 0 Å². The molecule has 1 heterocycles. The average Bonchev–Trinajstić information content (AvgIpc) is 3.08. The minimum absolute atomic E-state index is 0.0452. The van der Waals surface area contributed by atoms with Gasteiger partial charge in [0.2, 0.25) is 5.60 Å². The van der Waals surface area contributed by atoms with Crippen LogP contribution in [-0.2, 0) is 10.4 Å². The molecule has 28 heavy (non-hydrogen) atoms. The summed E-state index contributed by atoms with van der Waals surface area (Å²) >= 11 is 11.8. The van der Waals surface area contributed by atoms with Crippen molar-refractivity contribution in [3.63, 3.8) is 0 Å². The standard InChI is InChI=1S/C20H11Cl2F4NO/c21-12-7-11(8-13(22)9-12)19(20(24,25)26)10-18(27-28-19)16-5-6-17(23)15-4-2-1-3-14(15)16/h1-10,27H. The Kier molecular flexibility index (Phi) is 4.53. The molecule has 1 unspecified atom stereocenters. The van der Waals surface area contributed by atoms with Crippen LogP contribution in [0.25, 0.3) is 16.5 Å². The highest BCUT2D eigenvalue weighted by Crippen LogP contribution is 2.48. The van der Waals surface area contributed by atoms with Crippen LogP contribution in [0.2, 0.25) is 10.0 Å². The van der Waals surface area contributed by atoms with E-state index in [1.807, 2.05) is 0 Å². The predicted octanol–water partition coefficient (Wildman–Crippen LogP) is 6.62.